The number of rotatable bonds is 7. The number of nitrogens with zero attached hydrogens (tertiary/aromatic N) is 2. The molecule has 144 valence electrons. The Hall–Kier alpha value is -1.77. The van der Waals surface area contributed by atoms with Gasteiger partial charge in [0.2, 0.25) is 5.78 Å². The average Bonchev–Trinajstić information content (AvgIpc) is 3.23. The normalized spacial score (nSPS) is 10.7. The minimum Gasteiger partial charge on any atom is -1.00 e. The van der Waals surface area contributed by atoms with Crippen molar-refractivity contribution in [1.82, 2.24) is 5.10 Å². The Morgan fingerprint density at radius 3 is 2.78 bits per heavy atom. The Morgan fingerprint density at radius 2 is 2.11 bits per heavy atom. The van der Waals surface area contributed by atoms with Crippen molar-refractivity contribution in [2.45, 2.75) is 39.8 Å². The second kappa shape index (κ2) is 9.43. The van der Waals surface area contributed by atoms with Gasteiger partial charge in [-0.3, -0.25) is 10.5 Å². The molecule has 2 N–H and O–H groups in total. The van der Waals surface area contributed by atoms with E-state index in [-0.39, 0.29) is 29.3 Å². The molecule has 0 saturated heterocycles. The number of nitrogens with two attached hydrogens (primary N) is 1. The number of ketones is 1. The number of ether oxygens (including phenoxy) is 1. The molecule has 0 aliphatic carbocycles. The van der Waals surface area contributed by atoms with Crippen LogP contribution < -0.4 is 32.1 Å². The number of aromatic nitrogens is 2. The van der Waals surface area contributed by atoms with Crippen LogP contribution in [0.3, 0.4) is 0 Å². The topological polar surface area (TPSA) is 69.1 Å². The number of thiophene rings is 1. The third-order valence-electron chi connectivity index (χ3n) is 3.94. The zero-order valence-corrected chi connectivity index (χ0v) is 18.7. The van der Waals surface area contributed by atoms with E-state index >= 15 is 0 Å². The number of carbonyl (C=O) groups excluding carboxylic acids is 1. The lowest BCUT2D eigenvalue weighted by Crippen LogP contribution is -3.00. The standard InChI is InChI=1S/C19H21N3O2S2.BrH/c1-12(2)14-7-6-13(3)9-16(14)24-11-18-21-22(19(20)26-18)10-15(23)17-5-4-8-25-17;/h4-9,12,20H,10-11H2,1-3H3;1H. The fourth-order valence-corrected chi connectivity index (χ4v) is 3.95. The highest BCUT2D eigenvalue weighted by molar-refractivity contribution is 7.14. The van der Waals surface area contributed by atoms with E-state index in [1.807, 2.05) is 30.5 Å². The molecular weight excluding hydrogens is 446 g/mol. The molecule has 1 aromatic carbocycles. The number of anilines is 1. The summed E-state index contributed by atoms with van der Waals surface area (Å²) in [6, 6.07) is 9.91. The molecule has 0 amide bonds. The second-order valence-corrected chi connectivity index (χ2v) is 8.42. The molecule has 5 nitrogen and oxygen atoms in total. The molecule has 0 fully saturated rings. The molecule has 2 aromatic heterocycles. The number of Topliss-reactive ketones (excluding diaryl/α,β-unsaturated/α-hetero) is 1. The number of hydrogen-bond acceptors (Lipinski definition) is 6. The largest absolute Gasteiger partial charge is 1.00 e. The van der Waals surface area contributed by atoms with Crippen molar-refractivity contribution in [1.29, 1.82) is 0 Å². The minimum absolute atomic E-state index is 0. The maximum absolute atomic E-state index is 12.2. The van der Waals surface area contributed by atoms with E-state index in [4.69, 9.17) is 10.5 Å². The Balaban J connectivity index is 0.00000261. The third-order valence-corrected chi connectivity index (χ3v) is 5.71. The van der Waals surface area contributed by atoms with Crippen molar-refractivity contribution in [3.05, 3.63) is 56.7 Å². The molecule has 0 atom stereocenters. The maximum Gasteiger partial charge on any atom is 0.354 e. The molecule has 27 heavy (non-hydrogen) atoms. The lowest BCUT2D eigenvalue weighted by molar-refractivity contribution is -0.723. The second-order valence-electron chi connectivity index (χ2n) is 6.38. The zero-order chi connectivity index (χ0) is 18.7. The van der Waals surface area contributed by atoms with Gasteiger partial charge in [-0.25, -0.2) is 0 Å². The predicted octanol–water partition coefficient (Wildman–Crippen LogP) is 0.972. The first-order valence-electron chi connectivity index (χ1n) is 8.39. The monoisotopic (exact) mass is 467 g/mol. The number of benzene rings is 1. The summed E-state index contributed by atoms with van der Waals surface area (Å²) in [6.45, 7) is 6.80. The summed E-state index contributed by atoms with van der Waals surface area (Å²) in [6.07, 6.45) is 0. The minimum atomic E-state index is 0. The smallest absolute Gasteiger partial charge is 0.354 e. The first kappa shape index (κ1) is 21.5. The molecule has 0 unspecified atom stereocenters. The molecule has 0 spiro atoms. The van der Waals surface area contributed by atoms with Gasteiger partial charge in [0, 0.05) is 0 Å². The quantitative estimate of drug-likeness (QED) is 0.415. The molecule has 3 aromatic rings. The molecule has 3 rings (SSSR count). The van der Waals surface area contributed by atoms with Gasteiger partial charge < -0.3 is 21.7 Å². The molecule has 8 heteroatoms. The van der Waals surface area contributed by atoms with E-state index < -0.39 is 0 Å². The summed E-state index contributed by atoms with van der Waals surface area (Å²) >= 11 is 2.77. The predicted molar refractivity (Wildman–Crippen MR) is 105 cm³/mol. The summed E-state index contributed by atoms with van der Waals surface area (Å²) < 4.78 is 7.55. The fourth-order valence-electron chi connectivity index (χ4n) is 2.58. The molecule has 2 heterocycles. The number of nitrogen functional groups attached to an aromatic ring is 1. The summed E-state index contributed by atoms with van der Waals surface area (Å²) in [5.74, 6) is 1.26. The third kappa shape index (κ3) is 5.37. The van der Waals surface area contributed by atoms with Crippen LogP contribution in [0.4, 0.5) is 5.13 Å². The first-order valence-corrected chi connectivity index (χ1v) is 10.1. The SMILES string of the molecule is Cc1ccc(C(C)C)c(OCc2n[n+](CC(=O)c3cccs3)c(N)s2)c1.[Br-]. The number of hydrogen-bond donors (Lipinski definition) is 1. The fraction of sp³-hybridized carbons (Fsp3) is 0.316. The van der Waals surface area contributed by atoms with Gasteiger partial charge >= 0.3 is 5.13 Å². The average molecular weight is 468 g/mol. The van der Waals surface area contributed by atoms with Crippen LogP contribution in [0, 0.1) is 6.92 Å². The van der Waals surface area contributed by atoms with Gasteiger partial charge in [0.25, 0.3) is 0 Å². The van der Waals surface area contributed by atoms with E-state index in [0.29, 0.717) is 22.5 Å². The van der Waals surface area contributed by atoms with Crippen LogP contribution >= 0.6 is 22.7 Å². The van der Waals surface area contributed by atoms with Crippen molar-refractivity contribution >= 4 is 33.6 Å². The molecular formula is C19H22BrN3O2S2. The van der Waals surface area contributed by atoms with Crippen LogP contribution in [0.1, 0.15) is 45.6 Å². The molecule has 0 aliphatic heterocycles. The van der Waals surface area contributed by atoms with Gasteiger partial charge in [-0.05, 0) is 52.8 Å². The lowest BCUT2D eigenvalue weighted by atomic mass is 10.0. The maximum atomic E-state index is 12.2. The summed E-state index contributed by atoms with van der Waals surface area (Å²) in [7, 11) is 0. The van der Waals surface area contributed by atoms with Crippen LogP contribution in [0.15, 0.2) is 35.7 Å². The van der Waals surface area contributed by atoms with Gasteiger partial charge in [-0.15, -0.1) is 16.0 Å². The highest BCUT2D eigenvalue weighted by Crippen LogP contribution is 2.28. The van der Waals surface area contributed by atoms with E-state index in [0.717, 1.165) is 16.3 Å². The van der Waals surface area contributed by atoms with Gasteiger partial charge in [0.15, 0.2) is 11.6 Å². The Morgan fingerprint density at radius 1 is 1.33 bits per heavy atom. The highest BCUT2D eigenvalue weighted by Gasteiger charge is 2.19. The van der Waals surface area contributed by atoms with E-state index in [9.17, 15) is 4.79 Å². The van der Waals surface area contributed by atoms with Crippen LogP contribution in [0.2, 0.25) is 0 Å². The van der Waals surface area contributed by atoms with Crippen LogP contribution in [0.25, 0.3) is 0 Å². The molecule has 0 aliphatic rings. The van der Waals surface area contributed by atoms with Crippen molar-refractivity contribution < 1.29 is 31.2 Å². The van der Waals surface area contributed by atoms with Crippen molar-refractivity contribution in [2.75, 3.05) is 5.73 Å². The first-order chi connectivity index (χ1) is 12.4. The van der Waals surface area contributed by atoms with Crippen molar-refractivity contribution in [2.24, 2.45) is 0 Å². The van der Waals surface area contributed by atoms with Crippen LogP contribution in [0.5, 0.6) is 5.75 Å². The van der Waals surface area contributed by atoms with E-state index in [2.05, 4.69) is 31.1 Å². The number of aryl methyl sites for hydroxylation is 1. The van der Waals surface area contributed by atoms with E-state index in [1.165, 1.54) is 28.2 Å². The molecule has 0 saturated carbocycles. The lowest BCUT2D eigenvalue weighted by Gasteiger charge is -2.13. The molecule has 0 bridgehead atoms. The molecule has 0 radical (unpaired) electrons. The Labute approximate surface area is 177 Å². The summed E-state index contributed by atoms with van der Waals surface area (Å²) in [5, 5.41) is 7.57. The Kier molecular flexibility index (Phi) is 7.52. The van der Waals surface area contributed by atoms with E-state index in [1.54, 1.807) is 4.68 Å². The number of halogens is 1. The van der Waals surface area contributed by atoms with Gasteiger partial charge in [-0.1, -0.05) is 37.1 Å². The summed E-state index contributed by atoms with van der Waals surface area (Å²) in [4.78, 5) is 13.0. The Bertz CT molecular complexity index is 908. The van der Waals surface area contributed by atoms with Gasteiger partial charge in [-0.2, -0.15) is 0 Å². The zero-order valence-electron chi connectivity index (χ0n) is 15.4. The van der Waals surface area contributed by atoms with Gasteiger partial charge in [0.1, 0.15) is 12.4 Å². The number of carbonyl (C=O) groups is 1. The van der Waals surface area contributed by atoms with Gasteiger partial charge in [0.05, 0.1) is 4.88 Å². The van der Waals surface area contributed by atoms with Crippen LogP contribution in [-0.2, 0) is 13.2 Å². The highest BCUT2D eigenvalue weighted by atomic mass is 79.9. The van der Waals surface area contributed by atoms with Crippen molar-refractivity contribution in [3.8, 4) is 5.75 Å². The van der Waals surface area contributed by atoms with Crippen molar-refractivity contribution in [3.63, 3.8) is 0 Å². The van der Waals surface area contributed by atoms with Crippen LogP contribution in [-0.4, -0.2) is 10.9 Å². The summed E-state index contributed by atoms with van der Waals surface area (Å²) in [5.41, 5.74) is 8.35.